The Morgan fingerprint density at radius 3 is 2.75 bits per heavy atom. The summed E-state index contributed by atoms with van der Waals surface area (Å²) in [5.41, 5.74) is 8.01. The van der Waals surface area contributed by atoms with Gasteiger partial charge in [-0.3, -0.25) is 15.0 Å². The lowest BCUT2D eigenvalue weighted by Gasteiger charge is -2.23. The van der Waals surface area contributed by atoms with E-state index in [9.17, 15) is 10.1 Å². The van der Waals surface area contributed by atoms with Gasteiger partial charge in [0.2, 0.25) is 0 Å². The van der Waals surface area contributed by atoms with Gasteiger partial charge in [0.25, 0.3) is 5.69 Å². The van der Waals surface area contributed by atoms with Gasteiger partial charge < -0.3 is 5.73 Å². The summed E-state index contributed by atoms with van der Waals surface area (Å²) in [4.78, 5) is 13.0. The summed E-state index contributed by atoms with van der Waals surface area (Å²) in [6, 6.07) is 5.30. The van der Waals surface area contributed by atoms with E-state index in [4.69, 9.17) is 5.73 Å². The molecule has 0 radical (unpaired) electrons. The lowest BCUT2D eigenvalue weighted by atomic mass is 9.90. The number of hydrogen-bond donors (Lipinski definition) is 1. The van der Waals surface area contributed by atoms with Crippen molar-refractivity contribution in [2.45, 2.75) is 26.8 Å². The number of halogens is 1. The van der Waals surface area contributed by atoms with Crippen molar-refractivity contribution in [2.24, 2.45) is 11.1 Å². The van der Waals surface area contributed by atoms with E-state index in [1.807, 2.05) is 13.0 Å². The van der Waals surface area contributed by atoms with Gasteiger partial charge in [-0.15, -0.1) is 12.4 Å². The molecule has 1 heterocycles. The molecule has 1 aliphatic heterocycles. The average molecular weight is 300 g/mol. The molecule has 20 heavy (non-hydrogen) atoms. The molecule has 1 saturated heterocycles. The van der Waals surface area contributed by atoms with E-state index in [1.165, 1.54) is 0 Å². The number of nitrogens with two attached hydrogens (primary N) is 1. The molecule has 1 aromatic carbocycles. The predicted octanol–water partition coefficient (Wildman–Crippen LogP) is 2.50. The highest BCUT2D eigenvalue weighted by molar-refractivity contribution is 5.85. The highest BCUT2D eigenvalue weighted by Crippen LogP contribution is 2.30. The van der Waals surface area contributed by atoms with Crippen molar-refractivity contribution < 1.29 is 4.92 Å². The van der Waals surface area contributed by atoms with E-state index in [0.29, 0.717) is 6.54 Å². The molecule has 1 aromatic rings. The molecular weight excluding hydrogens is 278 g/mol. The predicted molar refractivity (Wildman–Crippen MR) is 82.1 cm³/mol. The van der Waals surface area contributed by atoms with Gasteiger partial charge in [0.15, 0.2) is 0 Å². The number of likely N-dealkylation sites (tertiary alicyclic amines) is 1. The van der Waals surface area contributed by atoms with E-state index in [1.54, 1.807) is 12.1 Å². The summed E-state index contributed by atoms with van der Waals surface area (Å²) in [5, 5.41) is 10.9. The summed E-state index contributed by atoms with van der Waals surface area (Å²) in [7, 11) is 0. The smallest absolute Gasteiger partial charge is 0.272 e. The van der Waals surface area contributed by atoms with Crippen LogP contribution >= 0.6 is 12.4 Å². The quantitative estimate of drug-likeness (QED) is 0.685. The minimum atomic E-state index is -0.313. The van der Waals surface area contributed by atoms with Crippen molar-refractivity contribution in [3.05, 3.63) is 39.4 Å². The fourth-order valence-corrected chi connectivity index (χ4v) is 2.71. The van der Waals surface area contributed by atoms with Gasteiger partial charge in [-0.1, -0.05) is 19.1 Å². The zero-order valence-corrected chi connectivity index (χ0v) is 12.8. The zero-order valence-electron chi connectivity index (χ0n) is 12.0. The Morgan fingerprint density at radius 1 is 1.50 bits per heavy atom. The van der Waals surface area contributed by atoms with Crippen LogP contribution in [0.1, 0.15) is 24.5 Å². The first kappa shape index (κ1) is 16.9. The highest BCUT2D eigenvalue weighted by Gasteiger charge is 2.32. The molecule has 2 N–H and O–H groups in total. The van der Waals surface area contributed by atoms with Crippen molar-refractivity contribution in [3.63, 3.8) is 0 Å². The molecular formula is C14H22ClN3O2. The van der Waals surface area contributed by atoms with Crippen molar-refractivity contribution in [2.75, 3.05) is 19.6 Å². The topological polar surface area (TPSA) is 72.4 Å². The van der Waals surface area contributed by atoms with Crippen molar-refractivity contribution >= 4 is 18.1 Å². The van der Waals surface area contributed by atoms with Crippen LogP contribution in [0.25, 0.3) is 0 Å². The van der Waals surface area contributed by atoms with Crippen LogP contribution < -0.4 is 5.73 Å². The first-order chi connectivity index (χ1) is 8.95. The van der Waals surface area contributed by atoms with Crippen LogP contribution in [0, 0.1) is 22.5 Å². The Hall–Kier alpha value is -1.17. The Morgan fingerprint density at radius 2 is 2.20 bits per heavy atom. The number of nitro benzene ring substituents is 1. The SMILES string of the molecule is Cc1c(CN2CCC(C)(CN)C2)cccc1[N+](=O)[O-].Cl. The molecule has 0 amide bonds. The summed E-state index contributed by atoms with van der Waals surface area (Å²) < 4.78 is 0. The molecule has 0 bridgehead atoms. The Balaban J connectivity index is 0.00000200. The molecule has 1 unspecified atom stereocenters. The third kappa shape index (κ3) is 3.48. The second kappa shape index (κ2) is 6.52. The molecule has 5 nitrogen and oxygen atoms in total. The van der Waals surface area contributed by atoms with E-state index in [-0.39, 0.29) is 28.4 Å². The first-order valence-corrected chi connectivity index (χ1v) is 6.60. The molecule has 0 aliphatic carbocycles. The summed E-state index contributed by atoms with van der Waals surface area (Å²) in [6.07, 6.45) is 1.09. The molecule has 6 heteroatoms. The highest BCUT2D eigenvalue weighted by atomic mass is 35.5. The number of nitro groups is 1. The maximum absolute atomic E-state index is 10.9. The van der Waals surface area contributed by atoms with E-state index < -0.39 is 0 Å². The van der Waals surface area contributed by atoms with Gasteiger partial charge in [-0.25, -0.2) is 0 Å². The van der Waals surface area contributed by atoms with Crippen LogP contribution in [0.15, 0.2) is 18.2 Å². The zero-order chi connectivity index (χ0) is 14.0. The van der Waals surface area contributed by atoms with Crippen LogP contribution in [0.3, 0.4) is 0 Å². The Labute approximate surface area is 125 Å². The van der Waals surface area contributed by atoms with Gasteiger partial charge in [0.05, 0.1) is 4.92 Å². The van der Waals surface area contributed by atoms with Gasteiger partial charge in [0, 0.05) is 24.7 Å². The molecule has 0 saturated carbocycles. The number of benzene rings is 1. The molecule has 1 aliphatic rings. The second-order valence-electron chi connectivity index (χ2n) is 5.79. The first-order valence-electron chi connectivity index (χ1n) is 6.60. The maximum atomic E-state index is 10.9. The number of hydrogen-bond acceptors (Lipinski definition) is 4. The largest absolute Gasteiger partial charge is 0.330 e. The van der Waals surface area contributed by atoms with E-state index in [2.05, 4.69) is 11.8 Å². The van der Waals surface area contributed by atoms with Crippen LogP contribution in [0.5, 0.6) is 0 Å². The minimum Gasteiger partial charge on any atom is -0.330 e. The molecule has 0 spiro atoms. The number of nitrogens with zero attached hydrogens (tertiary/aromatic N) is 2. The molecule has 1 fully saturated rings. The van der Waals surface area contributed by atoms with Gasteiger partial charge >= 0.3 is 0 Å². The third-order valence-corrected chi connectivity index (χ3v) is 4.14. The van der Waals surface area contributed by atoms with Crippen molar-refractivity contribution in [1.82, 2.24) is 4.90 Å². The third-order valence-electron chi connectivity index (χ3n) is 4.14. The number of rotatable bonds is 4. The summed E-state index contributed by atoms with van der Waals surface area (Å²) >= 11 is 0. The Bertz CT molecular complexity index is 495. The van der Waals surface area contributed by atoms with Gasteiger partial charge in [-0.05, 0) is 37.4 Å². The lowest BCUT2D eigenvalue weighted by molar-refractivity contribution is -0.385. The van der Waals surface area contributed by atoms with Gasteiger partial charge in [0.1, 0.15) is 0 Å². The average Bonchev–Trinajstić information content (AvgIpc) is 2.74. The van der Waals surface area contributed by atoms with Crippen molar-refractivity contribution in [1.29, 1.82) is 0 Å². The molecule has 0 aromatic heterocycles. The van der Waals surface area contributed by atoms with E-state index >= 15 is 0 Å². The van der Waals surface area contributed by atoms with Crippen molar-refractivity contribution in [3.8, 4) is 0 Å². The molecule has 1 atom stereocenters. The van der Waals surface area contributed by atoms with Crippen LogP contribution in [0.2, 0.25) is 0 Å². The van der Waals surface area contributed by atoms with Gasteiger partial charge in [-0.2, -0.15) is 0 Å². The second-order valence-corrected chi connectivity index (χ2v) is 5.79. The fourth-order valence-electron chi connectivity index (χ4n) is 2.71. The summed E-state index contributed by atoms with van der Waals surface area (Å²) in [6.45, 7) is 7.46. The minimum absolute atomic E-state index is 0. The lowest BCUT2D eigenvalue weighted by Crippen LogP contribution is -2.31. The van der Waals surface area contributed by atoms with E-state index in [0.717, 1.165) is 37.2 Å². The summed E-state index contributed by atoms with van der Waals surface area (Å²) in [5.74, 6) is 0. The van der Waals surface area contributed by atoms with Crippen LogP contribution in [0.4, 0.5) is 5.69 Å². The monoisotopic (exact) mass is 299 g/mol. The Kier molecular flexibility index (Phi) is 5.50. The fraction of sp³-hybridized carbons (Fsp3) is 0.571. The van der Waals surface area contributed by atoms with Crippen LogP contribution in [-0.2, 0) is 6.54 Å². The normalized spacial score (nSPS) is 22.6. The molecule has 2 rings (SSSR count). The standard InChI is InChI=1S/C14H21N3O2.ClH/c1-11-12(4-3-5-13(11)17(18)19)8-16-7-6-14(2,9-15)10-16;/h3-5H,6-10,15H2,1-2H3;1H. The maximum Gasteiger partial charge on any atom is 0.272 e. The molecule has 112 valence electrons. The van der Waals surface area contributed by atoms with Crippen LogP contribution in [-0.4, -0.2) is 29.5 Å².